The Hall–Kier alpha value is -1.01. The van der Waals surface area contributed by atoms with Gasteiger partial charge in [0.1, 0.15) is 5.75 Å². The monoisotopic (exact) mass is 359 g/mol. The first-order valence-electron chi connectivity index (χ1n) is 4.89. The molecule has 0 aliphatic rings. The number of hydrogen-bond acceptors (Lipinski definition) is 3. The van der Waals surface area contributed by atoms with Crippen LogP contribution < -0.4 is 10.1 Å². The summed E-state index contributed by atoms with van der Waals surface area (Å²) < 4.78 is 9.00. The summed E-state index contributed by atoms with van der Waals surface area (Å²) in [7, 11) is 3.57. The molecule has 1 heterocycles. The van der Waals surface area contributed by atoms with E-state index in [1.165, 1.54) is 0 Å². The van der Waals surface area contributed by atoms with Gasteiger partial charge in [-0.2, -0.15) is 0 Å². The normalized spacial score (nSPS) is 10.4. The van der Waals surface area contributed by atoms with E-state index in [4.69, 9.17) is 4.74 Å². The van der Waals surface area contributed by atoms with Crippen LogP contribution in [-0.4, -0.2) is 16.7 Å². The van der Waals surface area contributed by atoms with Gasteiger partial charge in [-0.3, -0.25) is 0 Å². The van der Waals surface area contributed by atoms with Crippen LogP contribution in [-0.2, 0) is 7.05 Å². The Morgan fingerprint density at radius 2 is 2.06 bits per heavy atom. The Bertz CT molecular complexity index is 540. The lowest BCUT2D eigenvalue weighted by atomic mass is 10.3. The summed E-state index contributed by atoms with van der Waals surface area (Å²) >= 11 is 6.93. The average molecular weight is 361 g/mol. The van der Waals surface area contributed by atoms with Crippen molar-refractivity contribution in [2.45, 2.75) is 0 Å². The van der Waals surface area contributed by atoms with Crippen molar-refractivity contribution in [2.24, 2.45) is 7.05 Å². The molecule has 0 unspecified atom stereocenters. The summed E-state index contributed by atoms with van der Waals surface area (Å²) in [6.07, 6.45) is 3.62. The van der Waals surface area contributed by atoms with Crippen molar-refractivity contribution in [3.8, 4) is 5.75 Å². The highest BCUT2D eigenvalue weighted by Crippen LogP contribution is 2.35. The van der Waals surface area contributed by atoms with Crippen molar-refractivity contribution >= 4 is 43.5 Å². The van der Waals surface area contributed by atoms with Gasteiger partial charge in [-0.15, -0.1) is 0 Å². The molecular formula is C11H11Br2N3O. The molecule has 2 rings (SSSR count). The number of hydrogen-bond donors (Lipinski definition) is 1. The fourth-order valence-corrected chi connectivity index (χ4v) is 2.64. The molecule has 1 aromatic heterocycles. The van der Waals surface area contributed by atoms with Crippen LogP contribution in [0.5, 0.6) is 5.75 Å². The maximum absolute atomic E-state index is 5.26. The predicted octanol–water partition coefficient (Wildman–Crippen LogP) is 3.70. The van der Waals surface area contributed by atoms with Crippen molar-refractivity contribution in [1.29, 1.82) is 0 Å². The van der Waals surface area contributed by atoms with E-state index in [0.717, 1.165) is 26.3 Å². The van der Waals surface area contributed by atoms with Gasteiger partial charge in [-0.25, -0.2) is 4.98 Å². The number of imidazole rings is 1. The molecule has 0 aliphatic heterocycles. The van der Waals surface area contributed by atoms with E-state index in [1.807, 2.05) is 29.9 Å². The summed E-state index contributed by atoms with van der Waals surface area (Å²) in [6, 6.07) is 3.84. The lowest BCUT2D eigenvalue weighted by molar-refractivity contribution is 0.412. The molecule has 0 radical (unpaired) electrons. The molecule has 2 aromatic rings. The number of aryl methyl sites for hydroxylation is 1. The van der Waals surface area contributed by atoms with Crippen LogP contribution in [0.1, 0.15) is 0 Å². The van der Waals surface area contributed by atoms with E-state index in [0.29, 0.717) is 0 Å². The van der Waals surface area contributed by atoms with Crippen LogP contribution in [0.2, 0.25) is 0 Å². The Morgan fingerprint density at radius 1 is 1.29 bits per heavy atom. The van der Waals surface area contributed by atoms with Crippen LogP contribution in [0.25, 0.3) is 0 Å². The molecule has 0 fully saturated rings. The highest BCUT2D eigenvalue weighted by Gasteiger charge is 2.08. The zero-order chi connectivity index (χ0) is 12.4. The van der Waals surface area contributed by atoms with E-state index in [9.17, 15) is 0 Å². The summed E-state index contributed by atoms with van der Waals surface area (Å²) in [5, 5.41) is 3.23. The molecule has 0 amide bonds. The summed E-state index contributed by atoms with van der Waals surface area (Å²) in [6.45, 7) is 0. The highest BCUT2D eigenvalue weighted by atomic mass is 79.9. The summed E-state index contributed by atoms with van der Waals surface area (Å²) in [5.74, 6) is 1.54. The van der Waals surface area contributed by atoms with Crippen LogP contribution in [0.3, 0.4) is 0 Å². The molecule has 1 aromatic carbocycles. The van der Waals surface area contributed by atoms with Crippen LogP contribution in [0.4, 0.5) is 11.6 Å². The van der Waals surface area contributed by atoms with E-state index in [2.05, 4.69) is 42.2 Å². The fourth-order valence-electron chi connectivity index (χ4n) is 1.39. The van der Waals surface area contributed by atoms with Crippen molar-refractivity contribution in [3.05, 3.63) is 33.5 Å². The minimum atomic E-state index is 0.768. The minimum absolute atomic E-state index is 0.768. The van der Waals surface area contributed by atoms with Gasteiger partial charge in [0.25, 0.3) is 0 Å². The Labute approximate surface area is 116 Å². The maximum Gasteiger partial charge on any atom is 0.207 e. The number of rotatable bonds is 3. The second-order valence-electron chi connectivity index (χ2n) is 3.45. The van der Waals surface area contributed by atoms with Gasteiger partial charge in [0.15, 0.2) is 0 Å². The number of nitrogens with one attached hydrogen (secondary N) is 1. The lowest BCUT2D eigenvalue weighted by Crippen LogP contribution is -1.99. The van der Waals surface area contributed by atoms with Crippen molar-refractivity contribution in [2.75, 3.05) is 12.4 Å². The van der Waals surface area contributed by atoms with E-state index < -0.39 is 0 Å². The Balaban J connectivity index is 2.36. The van der Waals surface area contributed by atoms with E-state index in [-0.39, 0.29) is 0 Å². The van der Waals surface area contributed by atoms with Gasteiger partial charge < -0.3 is 14.6 Å². The fraction of sp³-hybridized carbons (Fsp3) is 0.182. The quantitative estimate of drug-likeness (QED) is 0.907. The number of benzene rings is 1. The topological polar surface area (TPSA) is 39.1 Å². The first kappa shape index (κ1) is 12.4. The number of nitrogens with zero attached hydrogens (tertiary/aromatic N) is 2. The molecule has 17 heavy (non-hydrogen) atoms. The van der Waals surface area contributed by atoms with Gasteiger partial charge in [0, 0.05) is 30.0 Å². The molecule has 0 spiro atoms. The van der Waals surface area contributed by atoms with Crippen molar-refractivity contribution in [3.63, 3.8) is 0 Å². The predicted molar refractivity (Wildman–Crippen MR) is 74.9 cm³/mol. The van der Waals surface area contributed by atoms with Crippen LogP contribution in [0.15, 0.2) is 33.5 Å². The maximum atomic E-state index is 5.26. The van der Waals surface area contributed by atoms with Gasteiger partial charge in [-0.1, -0.05) is 0 Å². The second-order valence-corrected chi connectivity index (χ2v) is 5.16. The van der Waals surface area contributed by atoms with Crippen LogP contribution in [0, 0.1) is 0 Å². The third-order valence-electron chi connectivity index (χ3n) is 2.31. The lowest BCUT2D eigenvalue weighted by Gasteiger charge is -2.11. The van der Waals surface area contributed by atoms with Gasteiger partial charge in [-0.05, 0) is 37.9 Å². The number of ether oxygens (including phenoxy) is 1. The molecule has 90 valence electrons. The first-order valence-corrected chi connectivity index (χ1v) is 6.48. The molecular weight excluding hydrogens is 350 g/mol. The molecule has 0 bridgehead atoms. The largest absolute Gasteiger partial charge is 0.495 e. The van der Waals surface area contributed by atoms with E-state index in [1.54, 1.807) is 13.3 Å². The zero-order valence-electron chi connectivity index (χ0n) is 9.37. The van der Waals surface area contributed by atoms with Crippen molar-refractivity contribution < 1.29 is 4.74 Å². The SMILES string of the molecule is COc1cc(Nc2nccn2C)c(Br)cc1Br. The third kappa shape index (κ3) is 2.63. The number of methoxy groups -OCH3 is 1. The number of anilines is 2. The smallest absolute Gasteiger partial charge is 0.207 e. The van der Waals surface area contributed by atoms with Gasteiger partial charge in [0.05, 0.1) is 17.3 Å². The summed E-state index contributed by atoms with van der Waals surface area (Å²) in [4.78, 5) is 4.21. The van der Waals surface area contributed by atoms with Gasteiger partial charge in [0.2, 0.25) is 5.95 Å². The molecule has 4 nitrogen and oxygen atoms in total. The number of halogens is 2. The van der Waals surface area contributed by atoms with Crippen LogP contribution >= 0.6 is 31.9 Å². The van der Waals surface area contributed by atoms with Crippen molar-refractivity contribution in [1.82, 2.24) is 9.55 Å². The molecule has 1 N–H and O–H groups in total. The molecule has 0 saturated carbocycles. The molecule has 0 aliphatic carbocycles. The summed E-state index contributed by atoms with van der Waals surface area (Å²) in [5.41, 5.74) is 0.902. The van der Waals surface area contributed by atoms with Gasteiger partial charge >= 0.3 is 0 Å². The standard InChI is InChI=1S/C11H11Br2N3O/c1-16-4-3-14-11(16)15-9-6-10(17-2)8(13)5-7(9)12/h3-6H,1-2H3,(H,14,15). The molecule has 6 heteroatoms. The first-order chi connectivity index (χ1) is 8.11. The second kappa shape index (κ2) is 5.10. The Morgan fingerprint density at radius 3 is 2.65 bits per heavy atom. The minimum Gasteiger partial charge on any atom is -0.495 e. The highest BCUT2D eigenvalue weighted by molar-refractivity contribution is 9.11. The third-order valence-corrected chi connectivity index (χ3v) is 3.58. The van der Waals surface area contributed by atoms with E-state index >= 15 is 0 Å². The average Bonchev–Trinajstić information content (AvgIpc) is 2.68. The zero-order valence-corrected chi connectivity index (χ0v) is 12.5. The molecule has 0 saturated heterocycles. The number of aromatic nitrogens is 2. The Kier molecular flexibility index (Phi) is 3.73. The molecule has 0 atom stereocenters.